The number of rotatable bonds is 2. The summed E-state index contributed by atoms with van der Waals surface area (Å²) in [6.45, 7) is 0. The molecule has 2 aliphatic carbocycles. The molecule has 2 rings (SSSR count). The highest BCUT2D eigenvalue weighted by Gasteiger charge is 2.76. The van der Waals surface area contributed by atoms with E-state index in [1.165, 1.54) is 14.2 Å². The third-order valence-electron chi connectivity index (χ3n) is 3.21. The molecule has 1 fully saturated rings. The van der Waals surface area contributed by atoms with E-state index in [1.54, 1.807) is 0 Å². The summed E-state index contributed by atoms with van der Waals surface area (Å²) in [7, 11) is 2.59. The average Bonchev–Trinajstić information content (AvgIpc) is 2.62. The Hall–Kier alpha value is -1.32. The third-order valence-corrected chi connectivity index (χ3v) is 3.21. The topological polar surface area (TPSA) is 52.6 Å². The molecule has 0 aromatic heterocycles. The number of allylic oxidation sites excluding steroid dienone is 2. The first kappa shape index (κ1) is 9.24. The van der Waals surface area contributed by atoms with E-state index in [9.17, 15) is 9.59 Å². The van der Waals surface area contributed by atoms with E-state index < -0.39 is 17.4 Å². The van der Waals surface area contributed by atoms with E-state index in [2.05, 4.69) is 9.47 Å². The van der Waals surface area contributed by atoms with E-state index in [0.717, 1.165) is 6.42 Å². The second-order valence-corrected chi connectivity index (χ2v) is 3.65. The summed E-state index contributed by atoms with van der Waals surface area (Å²) in [5, 5.41) is 0. The summed E-state index contributed by atoms with van der Waals surface area (Å²) in [5.41, 5.74) is -1.03. The lowest BCUT2D eigenvalue weighted by Crippen LogP contribution is -2.32. The van der Waals surface area contributed by atoms with Crippen LogP contribution in [0.3, 0.4) is 0 Å². The van der Waals surface area contributed by atoms with Crippen LogP contribution in [0.4, 0.5) is 0 Å². The highest BCUT2D eigenvalue weighted by molar-refractivity contribution is 6.05. The number of carbonyl (C=O) groups excluding carboxylic acids is 2. The Morgan fingerprint density at radius 1 is 1.29 bits per heavy atom. The first-order valence-corrected chi connectivity index (χ1v) is 4.53. The molecule has 0 N–H and O–H groups in total. The first-order valence-electron chi connectivity index (χ1n) is 4.53. The van der Waals surface area contributed by atoms with Crippen LogP contribution in [0.2, 0.25) is 0 Å². The number of hydrogen-bond donors (Lipinski definition) is 0. The van der Waals surface area contributed by atoms with Crippen molar-refractivity contribution >= 4 is 11.9 Å². The predicted molar refractivity (Wildman–Crippen MR) is 47.2 cm³/mol. The molecule has 0 radical (unpaired) electrons. The van der Waals surface area contributed by atoms with Crippen molar-refractivity contribution in [3.05, 3.63) is 12.2 Å². The zero-order valence-corrected chi connectivity index (χ0v) is 8.15. The molecular formula is C10H12O4. The van der Waals surface area contributed by atoms with Gasteiger partial charge in [-0.2, -0.15) is 0 Å². The lowest BCUT2D eigenvalue weighted by Gasteiger charge is -2.13. The van der Waals surface area contributed by atoms with Gasteiger partial charge >= 0.3 is 11.9 Å². The minimum Gasteiger partial charge on any atom is -0.468 e. The van der Waals surface area contributed by atoms with Gasteiger partial charge in [0, 0.05) is 5.92 Å². The molecule has 0 aliphatic heterocycles. The lowest BCUT2D eigenvalue weighted by atomic mass is 9.99. The molecule has 1 saturated carbocycles. The molecule has 0 saturated heterocycles. The van der Waals surface area contributed by atoms with Crippen LogP contribution in [-0.2, 0) is 19.1 Å². The summed E-state index contributed by atoms with van der Waals surface area (Å²) in [6.07, 6.45) is 4.65. The molecule has 2 aliphatic rings. The first-order chi connectivity index (χ1) is 6.69. The van der Waals surface area contributed by atoms with Crippen LogP contribution in [0.1, 0.15) is 6.42 Å². The molecule has 4 heteroatoms. The Balaban J connectivity index is 2.29. The standard InChI is InChI=1S/C10H12O4/c1-13-8(11)10(9(12)14-2)6-4-3-5-7(6)10/h3-4,6-7H,5H2,1-2H3/t6-,7+/m0/s1. The predicted octanol–water partition coefficient (Wildman–Crippen LogP) is 0.525. The molecule has 0 spiro atoms. The maximum atomic E-state index is 11.6. The van der Waals surface area contributed by atoms with Gasteiger partial charge in [0.15, 0.2) is 5.41 Å². The van der Waals surface area contributed by atoms with Crippen molar-refractivity contribution in [2.24, 2.45) is 17.3 Å². The van der Waals surface area contributed by atoms with Crippen LogP contribution >= 0.6 is 0 Å². The quantitative estimate of drug-likeness (QED) is 0.367. The van der Waals surface area contributed by atoms with Gasteiger partial charge in [0.1, 0.15) is 0 Å². The zero-order chi connectivity index (χ0) is 10.3. The van der Waals surface area contributed by atoms with Gasteiger partial charge in [0.25, 0.3) is 0 Å². The fourth-order valence-corrected chi connectivity index (χ4v) is 2.48. The molecule has 0 aromatic carbocycles. The van der Waals surface area contributed by atoms with Crippen LogP contribution in [0.25, 0.3) is 0 Å². The smallest absolute Gasteiger partial charge is 0.324 e. The molecule has 0 amide bonds. The Morgan fingerprint density at radius 2 is 1.86 bits per heavy atom. The summed E-state index contributed by atoms with van der Waals surface area (Å²) in [6, 6.07) is 0. The minimum absolute atomic E-state index is 0.0117. The summed E-state index contributed by atoms with van der Waals surface area (Å²) in [4.78, 5) is 23.1. The van der Waals surface area contributed by atoms with Crippen molar-refractivity contribution < 1.29 is 19.1 Å². The van der Waals surface area contributed by atoms with Gasteiger partial charge in [0.2, 0.25) is 0 Å². The molecule has 0 bridgehead atoms. The van der Waals surface area contributed by atoms with Crippen molar-refractivity contribution in [2.45, 2.75) is 6.42 Å². The SMILES string of the molecule is COC(=O)C1(C(=O)OC)[C@@H]2CC=C[C@@H]21. The second kappa shape index (κ2) is 2.83. The normalized spacial score (nSPS) is 30.7. The number of carbonyl (C=O) groups is 2. The van der Waals surface area contributed by atoms with Crippen molar-refractivity contribution in [3.8, 4) is 0 Å². The molecule has 76 valence electrons. The molecule has 0 aromatic rings. The van der Waals surface area contributed by atoms with E-state index in [4.69, 9.17) is 0 Å². The minimum atomic E-state index is -1.03. The average molecular weight is 196 g/mol. The van der Waals surface area contributed by atoms with Gasteiger partial charge in [-0.15, -0.1) is 0 Å². The molecule has 4 nitrogen and oxygen atoms in total. The maximum absolute atomic E-state index is 11.6. The van der Waals surface area contributed by atoms with Crippen molar-refractivity contribution in [1.82, 2.24) is 0 Å². The molecular weight excluding hydrogens is 184 g/mol. The largest absolute Gasteiger partial charge is 0.468 e. The van der Waals surface area contributed by atoms with Gasteiger partial charge in [-0.1, -0.05) is 12.2 Å². The van der Waals surface area contributed by atoms with Gasteiger partial charge in [-0.05, 0) is 12.3 Å². The van der Waals surface area contributed by atoms with Gasteiger partial charge < -0.3 is 9.47 Å². The molecule has 2 atom stereocenters. The number of methoxy groups -OCH3 is 2. The van der Waals surface area contributed by atoms with Gasteiger partial charge in [0.05, 0.1) is 14.2 Å². The van der Waals surface area contributed by atoms with E-state index in [-0.39, 0.29) is 11.8 Å². The second-order valence-electron chi connectivity index (χ2n) is 3.65. The Kier molecular flexibility index (Phi) is 1.87. The summed E-state index contributed by atoms with van der Waals surface area (Å²) in [5.74, 6) is -0.891. The Bertz CT molecular complexity index is 302. The van der Waals surface area contributed by atoms with Crippen LogP contribution in [0.15, 0.2) is 12.2 Å². The van der Waals surface area contributed by atoms with Gasteiger partial charge in [-0.25, -0.2) is 0 Å². The van der Waals surface area contributed by atoms with E-state index in [1.807, 2.05) is 12.2 Å². The zero-order valence-electron chi connectivity index (χ0n) is 8.15. The Morgan fingerprint density at radius 3 is 2.21 bits per heavy atom. The van der Waals surface area contributed by atoms with Crippen molar-refractivity contribution in [1.29, 1.82) is 0 Å². The van der Waals surface area contributed by atoms with Crippen LogP contribution in [-0.4, -0.2) is 26.2 Å². The maximum Gasteiger partial charge on any atom is 0.324 e. The highest BCUT2D eigenvalue weighted by Crippen LogP contribution is 2.65. The van der Waals surface area contributed by atoms with Crippen molar-refractivity contribution in [2.75, 3.05) is 14.2 Å². The number of esters is 2. The fourth-order valence-electron chi connectivity index (χ4n) is 2.48. The van der Waals surface area contributed by atoms with Crippen molar-refractivity contribution in [3.63, 3.8) is 0 Å². The van der Waals surface area contributed by atoms with Crippen LogP contribution in [0, 0.1) is 17.3 Å². The summed E-state index contributed by atoms with van der Waals surface area (Å²) < 4.78 is 9.33. The van der Waals surface area contributed by atoms with E-state index in [0.29, 0.717) is 0 Å². The molecule has 0 unspecified atom stereocenters. The Labute approximate surface area is 81.9 Å². The third kappa shape index (κ3) is 0.832. The number of hydrogen-bond acceptors (Lipinski definition) is 4. The number of fused-ring (bicyclic) bond motifs is 1. The molecule has 14 heavy (non-hydrogen) atoms. The highest BCUT2D eigenvalue weighted by atomic mass is 16.5. The van der Waals surface area contributed by atoms with E-state index >= 15 is 0 Å². The summed E-state index contributed by atoms with van der Waals surface area (Å²) >= 11 is 0. The van der Waals surface area contributed by atoms with Crippen LogP contribution < -0.4 is 0 Å². The fraction of sp³-hybridized carbons (Fsp3) is 0.600. The van der Waals surface area contributed by atoms with Gasteiger partial charge in [-0.3, -0.25) is 9.59 Å². The molecule has 0 heterocycles. The monoisotopic (exact) mass is 196 g/mol. The van der Waals surface area contributed by atoms with Crippen LogP contribution in [0.5, 0.6) is 0 Å². The lowest BCUT2D eigenvalue weighted by molar-refractivity contribution is -0.162. The number of ether oxygens (including phenoxy) is 2.